The number of allylic oxidation sites excluding steroid dienone is 3. The Morgan fingerprint density at radius 1 is 1.23 bits per heavy atom. The number of rotatable bonds is 6. The van der Waals surface area contributed by atoms with Gasteiger partial charge in [-0.3, -0.25) is 4.79 Å². The molecule has 0 aliphatic heterocycles. The van der Waals surface area contributed by atoms with E-state index in [0.29, 0.717) is 6.29 Å². The SMILES string of the molecule is CC(C)(C)OC(=O)NCc1cc2cc(OC(F)(F)F)ccc2n1S(=O)(=O)C1(C)CC=CC=C1C=O. The number of aldehydes is 1. The Balaban J connectivity index is 2.14. The zero-order valence-corrected chi connectivity index (χ0v) is 20.3. The Labute approximate surface area is 200 Å². The minimum absolute atomic E-state index is 0.00617. The van der Waals surface area contributed by atoms with Crippen LogP contribution in [0.25, 0.3) is 10.9 Å². The van der Waals surface area contributed by atoms with Gasteiger partial charge in [-0.2, -0.15) is 0 Å². The van der Waals surface area contributed by atoms with E-state index in [1.54, 1.807) is 32.9 Å². The van der Waals surface area contributed by atoms with Gasteiger partial charge < -0.3 is 14.8 Å². The first-order valence-corrected chi connectivity index (χ1v) is 12.0. The van der Waals surface area contributed by atoms with Gasteiger partial charge in [0.15, 0.2) is 0 Å². The van der Waals surface area contributed by atoms with Crippen LogP contribution in [0.5, 0.6) is 5.75 Å². The summed E-state index contributed by atoms with van der Waals surface area (Å²) in [6.45, 7) is 6.04. The molecule has 0 spiro atoms. The van der Waals surface area contributed by atoms with E-state index in [-0.39, 0.29) is 35.1 Å². The fourth-order valence-corrected chi connectivity index (χ4v) is 5.66. The average Bonchev–Trinajstić information content (AvgIpc) is 3.08. The van der Waals surface area contributed by atoms with Crippen molar-refractivity contribution in [2.24, 2.45) is 0 Å². The van der Waals surface area contributed by atoms with Gasteiger partial charge in [-0.1, -0.05) is 18.2 Å². The first-order valence-electron chi connectivity index (χ1n) is 10.5. The maximum atomic E-state index is 13.9. The molecule has 0 bridgehead atoms. The highest BCUT2D eigenvalue weighted by Crippen LogP contribution is 2.38. The summed E-state index contributed by atoms with van der Waals surface area (Å²) >= 11 is 0. The molecule has 1 amide bonds. The molecule has 35 heavy (non-hydrogen) atoms. The van der Waals surface area contributed by atoms with Crippen molar-refractivity contribution in [3.8, 4) is 5.75 Å². The summed E-state index contributed by atoms with van der Waals surface area (Å²) in [5, 5.41) is 2.59. The molecule has 1 heterocycles. The summed E-state index contributed by atoms with van der Waals surface area (Å²) in [6.07, 6.45) is -0.727. The topological polar surface area (TPSA) is 104 Å². The van der Waals surface area contributed by atoms with E-state index in [9.17, 15) is 31.2 Å². The van der Waals surface area contributed by atoms with Gasteiger partial charge in [0.2, 0.25) is 10.0 Å². The van der Waals surface area contributed by atoms with Gasteiger partial charge in [-0.05, 0) is 58.4 Å². The molecule has 1 aromatic heterocycles. The number of nitrogens with zero attached hydrogens (tertiary/aromatic N) is 1. The lowest BCUT2D eigenvalue weighted by Crippen LogP contribution is -2.43. The quantitative estimate of drug-likeness (QED) is 0.566. The molecule has 1 atom stereocenters. The third-order valence-corrected chi connectivity index (χ3v) is 7.77. The Hall–Kier alpha value is -3.28. The van der Waals surface area contributed by atoms with E-state index in [2.05, 4.69) is 10.1 Å². The minimum atomic E-state index is -4.94. The van der Waals surface area contributed by atoms with Gasteiger partial charge in [-0.15, -0.1) is 13.2 Å². The Kier molecular flexibility index (Phi) is 6.82. The van der Waals surface area contributed by atoms with E-state index in [1.165, 1.54) is 25.1 Å². The second kappa shape index (κ2) is 9.06. The molecule has 1 aromatic carbocycles. The molecule has 1 N–H and O–H groups in total. The number of hydrogen-bond donors (Lipinski definition) is 1. The molecule has 3 rings (SSSR count). The maximum absolute atomic E-state index is 13.9. The van der Waals surface area contributed by atoms with Crippen molar-refractivity contribution in [3.05, 3.63) is 53.8 Å². The van der Waals surface area contributed by atoms with Crippen LogP contribution in [0.15, 0.2) is 48.1 Å². The molecule has 0 saturated carbocycles. The molecule has 2 aromatic rings. The number of carbonyl (C=O) groups excluding carboxylic acids is 2. The highest BCUT2D eigenvalue weighted by molar-refractivity contribution is 7.91. The molecule has 1 aliphatic rings. The molecule has 0 fully saturated rings. The number of hydrogen-bond acceptors (Lipinski definition) is 6. The molecule has 190 valence electrons. The number of alkyl carbamates (subject to hydrolysis) is 1. The van der Waals surface area contributed by atoms with Crippen LogP contribution >= 0.6 is 0 Å². The lowest BCUT2D eigenvalue weighted by molar-refractivity contribution is -0.274. The Bertz CT molecular complexity index is 1320. The van der Waals surface area contributed by atoms with Crippen LogP contribution in [0.1, 0.15) is 39.8 Å². The van der Waals surface area contributed by atoms with Gasteiger partial charge in [0.05, 0.1) is 17.8 Å². The second-order valence-electron chi connectivity index (χ2n) is 9.13. The lowest BCUT2D eigenvalue weighted by Gasteiger charge is -2.31. The third-order valence-electron chi connectivity index (χ3n) is 5.31. The normalized spacial score (nSPS) is 18.8. The van der Waals surface area contributed by atoms with E-state index < -0.39 is 38.6 Å². The van der Waals surface area contributed by atoms with Crippen molar-refractivity contribution in [1.82, 2.24) is 9.29 Å². The fourth-order valence-electron chi connectivity index (χ4n) is 3.69. The van der Waals surface area contributed by atoms with E-state index in [4.69, 9.17) is 4.74 Å². The van der Waals surface area contributed by atoms with Crippen LogP contribution in [0.3, 0.4) is 0 Å². The highest BCUT2D eigenvalue weighted by atomic mass is 32.2. The summed E-state index contributed by atoms with van der Waals surface area (Å²) in [5.74, 6) is -0.536. The Morgan fingerprint density at radius 3 is 2.51 bits per heavy atom. The van der Waals surface area contributed by atoms with Gasteiger partial charge in [-0.25, -0.2) is 17.2 Å². The first kappa shape index (κ1) is 26.3. The number of fused-ring (bicyclic) bond motifs is 1. The monoisotopic (exact) mass is 514 g/mol. The molecule has 1 aliphatic carbocycles. The predicted octanol–water partition coefficient (Wildman–Crippen LogP) is 4.59. The van der Waals surface area contributed by atoms with E-state index >= 15 is 0 Å². The molecule has 0 saturated heterocycles. The molecular weight excluding hydrogens is 489 g/mol. The van der Waals surface area contributed by atoms with Crippen molar-refractivity contribution < 1.29 is 40.7 Å². The van der Waals surface area contributed by atoms with Crippen LogP contribution in [-0.4, -0.2) is 41.5 Å². The van der Waals surface area contributed by atoms with Crippen LogP contribution < -0.4 is 10.1 Å². The van der Waals surface area contributed by atoms with Crippen molar-refractivity contribution in [1.29, 1.82) is 0 Å². The molecular formula is C23H25F3N2O6S. The molecule has 1 unspecified atom stereocenters. The van der Waals surface area contributed by atoms with Crippen LogP contribution in [0.4, 0.5) is 18.0 Å². The van der Waals surface area contributed by atoms with Gasteiger partial charge in [0.1, 0.15) is 22.4 Å². The zero-order chi connectivity index (χ0) is 26.2. The summed E-state index contributed by atoms with van der Waals surface area (Å²) in [6, 6.07) is 4.55. The van der Waals surface area contributed by atoms with Crippen LogP contribution in [-0.2, 0) is 26.1 Å². The largest absolute Gasteiger partial charge is 0.573 e. The Morgan fingerprint density at radius 2 is 1.91 bits per heavy atom. The highest BCUT2D eigenvalue weighted by Gasteiger charge is 2.45. The van der Waals surface area contributed by atoms with Crippen molar-refractivity contribution >= 4 is 33.3 Å². The van der Waals surface area contributed by atoms with Gasteiger partial charge in [0.25, 0.3) is 0 Å². The minimum Gasteiger partial charge on any atom is -0.444 e. The lowest BCUT2D eigenvalue weighted by atomic mass is 9.93. The number of halogens is 3. The molecule has 12 heteroatoms. The van der Waals surface area contributed by atoms with Crippen molar-refractivity contribution in [2.45, 2.75) is 57.4 Å². The summed E-state index contributed by atoms with van der Waals surface area (Å²) in [4.78, 5) is 23.9. The van der Waals surface area contributed by atoms with Crippen LogP contribution in [0, 0.1) is 0 Å². The number of nitrogens with one attached hydrogen (secondary N) is 1. The first-order chi connectivity index (χ1) is 16.1. The number of amides is 1. The standard InChI is InChI=1S/C23H25F3N2O6S/c1-21(2,3)34-20(30)27-13-17-11-15-12-18(33-23(24,25)26)8-9-19(15)28(17)35(31,32)22(4)10-6-5-7-16(22)14-29/h5-9,11-12,14H,10,13H2,1-4H3,(H,27,30). The zero-order valence-electron chi connectivity index (χ0n) is 19.5. The van der Waals surface area contributed by atoms with Crippen molar-refractivity contribution in [2.75, 3.05) is 0 Å². The van der Waals surface area contributed by atoms with Gasteiger partial charge in [0, 0.05) is 11.0 Å². The molecule has 0 radical (unpaired) electrons. The van der Waals surface area contributed by atoms with Crippen molar-refractivity contribution in [3.63, 3.8) is 0 Å². The summed E-state index contributed by atoms with van der Waals surface area (Å²) in [5.41, 5.74) is -0.680. The average molecular weight is 515 g/mol. The second-order valence-corrected chi connectivity index (χ2v) is 11.3. The number of ether oxygens (including phenoxy) is 2. The fraction of sp³-hybridized carbons (Fsp3) is 0.391. The number of alkyl halides is 3. The number of carbonyl (C=O) groups is 2. The van der Waals surface area contributed by atoms with Crippen LogP contribution in [0.2, 0.25) is 0 Å². The summed E-state index contributed by atoms with van der Waals surface area (Å²) in [7, 11) is -4.36. The third kappa shape index (κ3) is 5.53. The number of aromatic nitrogens is 1. The van der Waals surface area contributed by atoms with E-state index in [0.717, 1.165) is 16.1 Å². The van der Waals surface area contributed by atoms with Gasteiger partial charge >= 0.3 is 12.5 Å². The predicted molar refractivity (Wildman–Crippen MR) is 122 cm³/mol. The molecule has 8 nitrogen and oxygen atoms in total. The number of benzene rings is 1. The summed E-state index contributed by atoms with van der Waals surface area (Å²) < 4.78 is 74.4. The van der Waals surface area contributed by atoms with E-state index in [1.807, 2.05) is 0 Å². The smallest absolute Gasteiger partial charge is 0.444 e. The maximum Gasteiger partial charge on any atom is 0.573 e.